The minimum atomic E-state index is 0.241. The minimum Gasteiger partial charge on any atom is -0.135 e. The highest BCUT2D eigenvalue weighted by atomic mass is 35.5. The summed E-state index contributed by atoms with van der Waals surface area (Å²) in [5.41, 5.74) is 0. The minimum absolute atomic E-state index is 0.241. The molecular weight excluding hydrogens is 136 g/mol. The van der Waals surface area contributed by atoms with Gasteiger partial charge in [-0.2, -0.15) is 0 Å². The van der Waals surface area contributed by atoms with Gasteiger partial charge in [0, 0.05) is 0 Å². The van der Waals surface area contributed by atoms with Crippen LogP contribution in [0.4, 0.5) is 0 Å². The van der Waals surface area contributed by atoms with E-state index >= 15 is 0 Å². The van der Waals surface area contributed by atoms with Crippen LogP contribution in [0, 0.1) is 0 Å². The fourth-order valence-corrected chi connectivity index (χ4v) is 0.866. The quantitative estimate of drug-likeness (QED) is 0.429. The molecule has 0 saturated heterocycles. The number of halogens is 1. The molecule has 0 aliphatic carbocycles. The Balaban J connectivity index is 2.75. The van der Waals surface area contributed by atoms with Gasteiger partial charge in [0.2, 0.25) is 0 Å². The lowest BCUT2D eigenvalue weighted by Gasteiger charge is -1.95. The highest BCUT2D eigenvalue weighted by Gasteiger charge is 1.92. The van der Waals surface area contributed by atoms with E-state index in [1.54, 1.807) is 23.5 Å². The monoisotopic (exact) mass is 142 g/mol. The highest BCUT2D eigenvalue weighted by molar-refractivity contribution is 8.18. The Kier molecular flexibility index (Phi) is 4.84. The van der Waals surface area contributed by atoms with E-state index in [2.05, 4.69) is 0 Å². The zero-order chi connectivity index (χ0) is 4.99. The van der Waals surface area contributed by atoms with Crippen LogP contribution >= 0.6 is 35.1 Å². The fraction of sp³-hybridized carbons (Fsp3) is 1.00. The molecule has 0 atom stereocenters. The van der Waals surface area contributed by atoms with Crippen molar-refractivity contribution in [1.29, 1.82) is 0 Å². The first-order chi connectivity index (χ1) is 2.81. The van der Waals surface area contributed by atoms with Gasteiger partial charge in [-0.15, -0.1) is 23.5 Å². The molecule has 0 radical (unpaired) electrons. The van der Waals surface area contributed by atoms with E-state index in [0.717, 1.165) is 0 Å². The fourth-order valence-electron chi connectivity index (χ4n) is 0.0962. The number of rotatable bonds is 2. The summed E-state index contributed by atoms with van der Waals surface area (Å²) in [5, 5.41) is 0. The van der Waals surface area contributed by atoms with Gasteiger partial charge in [-0.05, 0) is 12.5 Å². The number of alkyl halides is 1. The molecule has 0 fully saturated rings. The van der Waals surface area contributed by atoms with E-state index in [0.29, 0.717) is 0 Å². The Morgan fingerprint density at radius 2 is 1.67 bits per heavy atom. The Morgan fingerprint density at radius 3 is 1.67 bits per heavy atom. The van der Waals surface area contributed by atoms with Crippen LogP contribution in [-0.2, 0) is 0 Å². The van der Waals surface area contributed by atoms with Crippen molar-refractivity contribution in [3.63, 3.8) is 0 Å². The molecule has 3 heteroatoms. The lowest BCUT2D eigenvalue weighted by molar-refractivity contribution is 2.00. The smallest absolute Gasteiger partial charge is 0.124 e. The van der Waals surface area contributed by atoms with Crippen LogP contribution in [0.3, 0.4) is 0 Å². The third-order valence-electron chi connectivity index (χ3n) is 0.371. The molecule has 0 aliphatic heterocycles. The van der Waals surface area contributed by atoms with E-state index in [1.165, 1.54) is 0 Å². The molecule has 38 valence electrons. The standard InChI is InChI=1S/C3H7ClS2/c1-5-3(4)6-2/h3H,1-2H3. The number of hydrogen-bond donors (Lipinski definition) is 0. The Bertz CT molecular complexity index is 28.0. The zero-order valence-corrected chi connectivity index (χ0v) is 6.16. The van der Waals surface area contributed by atoms with Crippen molar-refractivity contribution >= 4 is 35.1 Å². The summed E-state index contributed by atoms with van der Waals surface area (Å²) in [6, 6.07) is 0. The van der Waals surface area contributed by atoms with Crippen LogP contribution in [0.1, 0.15) is 0 Å². The largest absolute Gasteiger partial charge is 0.135 e. The van der Waals surface area contributed by atoms with Crippen molar-refractivity contribution in [2.24, 2.45) is 0 Å². The van der Waals surface area contributed by atoms with Gasteiger partial charge < -0.3 is 0 Å². The van der Waals surface area contributed by atoms with Crippen LogP contribution in [0.2, 0.25) is 0 Å². The van der Waals surface area contributed by atoms with Crippen LogP contribution in [-0.4, -0.2) is 16.6 Å². The lowest BCUT2D eigenvalue weighted by atomic mass is 11.8. The third kappa shape index (κ3) is 3.19. The molecule has 0 aromatic rings. The predicted octanol–water partition coefficient (Wildman–Crippen LogP) is 2.23. The van der Waals surface area contributed by atoms with Crippen molar-refractivity contribution in [2.75, 3.05) is 12.5 Å². The van der Waals surface area contributed by atoms with Crippen molar-refractivity contribution in [2.45, 2.75) is 4.04 Å². The summed E-state index contributed by atoms with van der Waals surface area (Å²) in [5.74, 6) is 0. The summed E-state index contributed by atoms with van der Waals surface area (Å²) in [6.07, 6.45) is 3.99. The van der Waals surface area contributed by atoms with Gasteiger partial charge in [-0.25, -0.2) is 0 Å². The first kappa shape index (κ1) is 6.99. The Hall–Kier alpha value is 0.990. The van der Waals surface area contributed by atoms with Crippen LogP contribution in [0.15, 0.2) is 0 Å². The molecular formula is C3H7ClS2. The normalized spacial score (nSPS) is 10.0. The molecule has 0 spiro atoms. The Labute approximate surface area is 52.0 Å². The van der Waals surface area contributed by atoms with Gasteiger partial charge in [0.25, 0.3) is 0 Å². The summed E-state index contributed by atoms with van der Waals surface area (Å²) >= 11 is 8.88. The first-order valence-corrected chi connectivity index (χ1v) is 4.52. The SMILES string of the molecule is CSC(Cl)SC. The van der Waals surface area contributed by atoms with Gasteiger partial charge in [0.15, 0.2) is 0 Å². The molecule has 0 nitrogen and oxygen atoms in total. The molecule has 0 saturated carbocycles. The van der Waals surface area contributed by atoms with Crippen molar-refractivity contribution in [3.8, 4) is 0 Å². The maximum atomic E-state index is 5.58. The molecule has 0 bridgehead atoms. The summed E-state index contributed by atoms with van der Waals surface area (Å²) in [7, 11) is 0. The summed E-state index contributed by atoms with van der Waals surface area (Å²) < 4.78 is 0.241. The first-order valence-electron chi connectivity index (χ1n) is 1.51. The second-order valence-corrected chi connectivity index (χ2v) is 3.88. The molecule has 0 N–H and O–H groups in total. The topological polar surface area (TPSA) is 0 Å². The van der Waals surface area contributed by atoms with Gasteiger partial charge in [-0.3, -0.25) is 0 Å². The van der Waals surface area contributed by atoms with Crippen molar-refractivity contribution in [3.05, 3.63) is 0 Å². The van der Waals surface area contributed by atoms with E-state index in [4.69, 9.17) is 11.6 Å². The second-order valence-electron chi connectivity index (χ2n) is 0.746. The molecule has 0 amide bonds. The third-order valence-corrected chi connectivity index (χ3v) is 3.34. The molecule has 0 aromatic carbocycles. The van der Waals surface area contributed by atoms with E-state index < -0.39 is 0 Å². The zero-order valence-electron chi connectivity index (χ0n) is 3.77. The second kappa shape index (κ2) is 4.16. The molecule has 0 aromatic heterocycles. The van der Waals surface area contributed by atoms with Crippen molar-refractivity contribution in [1.82, 2.24) is 0 Å². The Morgan fingerprint density at radius 1 is 1.33 bits per heavy atom. The molecule has 0 aliphatic rings. The summed E-state index contributed by atoms with van der Waals surface area (Å²) in [4.78, 5) is 0. The summed E-state index contributed by atoms with van der Waals surface area (Å²) in [6.45, 7) is 0. The van der Waals surface area contributed by atoms with Gasteiger partial charge in [-0.1, -0.05) is 11.6 Å². The van der Waals surface area contributed by atoms with Crippen LogP contribution in [0.5, 0.6) is 0 Å². The molecule has 0 heterocycles. The van der Waals surface area contributed by atoms with Gasteiger partial charge >= 0.3 is 0 Å². The van der Waals surface area contributed by atoms with E-state index in [1.807, 2.05) is 12.5 Å². The van der Waals surface area contributed by atoms with Crippen LogP contribution in [0.25, 0.3) is 0 Å². The van der Waals surface area contributed by atoms with E-state index in [-0.39, 0.29) is 4.04 Å². The molecule has 0 rings (SSSR count). The van der Waals surface area contributed by atoms with Crippen LogP contribution < -0.4 is 0 Å². The maximum absolute atomic E-state index is 5.58. The van der Waals surface area contributed by atoms with Gasteiger partial charge in [0.1, 0.15) is 4.04 Å². The molecule has 6 heavy (non-hydrogen) atoms. The maximum Gasteiger partial charge on any atom is 0.124 e. The average Bonchev–Trinajstić information content (AvgIpc) is 1.65. The predicted molar refractivity (Wildman–Crippen MR) is 36.7 cm³/mol. The lowest BCUT2D eigenvalue weighted by Crippen LogP contribution is -1.75. The van der Waals surface area contributed by atoms with E-state index in [9.17, 15) is 0 Å². The number of thioether (sulfide) groups is 2. The number of hydrogen-bond acceptors (Lipinski definition) is 2. The van der Waals surface area contributed by atoms with Gasteiger partial charge in [0.05, 0.1) is 0 Å². The highest BCUT2D eigenvalue weighted by Crippen LogP contribution is 2.21. The molecule has 0 unspecified atom stereocenters. The average molecular weight is 143 g/mol. The van der Waals surface area contributed by atoms with Crippen molar-refractivity contribution < 1.29 is 0 Å².